The van der Waals surface area contributed by atoms with Gasteiger partial charge in [-0.2, -0.15) is 0 Å². The minimum atomic E-state index is 0.345. The average molecular weight is 238 g/mol. The summed E-state index contributed by atoms with van der Waals surface area (Å²) in [6.07, 6.45) is 9.99. The zero-order valence-electron chi connectivity index (χ0n) is 11.0. The van der Waals surface area contributed by atoms with Crippen molar-refractivity contribution in [3.63, 3.8) is 0 Å². The molecule has 4 bridgehead atoms. The Morgan fingerprint density at radius 1 is 0.882 bits per heavy atom. The number of rotatable bonds is 4. The van der Waals surface area contributed by atoms with E-state index in [0.717, 1.165) is 18.8 Å². The third-order valence-corrected chi connectivity index (χ3v) is 5.86. The van der Waals surface area contributed by atoms with Crippen LogP contribution in [-0.2, 0) is 0 Å². The van der Waals surface area contributed by atoms with Crippen molar-refractivity contribution in [3.05, 3.63) is 0 Å². The molecule has 0 spiro atoms. The van der Waals surface area contributed by atoms with E-state index in [0.29, 0.717) is 29.5 Å². The summed E-state index contributed by atoms with van der Waals surface area (Å²) in [5, 5.41) is 18.7. The van der Waals surface area contributed by atoms with Gasteiger partial charge in [-0.25, -0.2) is 0 Å². The fraction of sp³-hybridized carbons (Fsp3) is 1.00. The Morgan fingerprint density at radius 2 is 1.41 bits per heavy atom. The van der Waals surface area contributed by atoms with Gasteiger partial charge in [0.25, 0.3) is 0 Å². The quantitative estimate of drug-likeness (QED) is 0.790. The van der Waals surface area contributed by atoms with Gasteiger partial charge in [0.05, 0.1) is 0 Å². The van der Waals surface area contributed by atoms with E-state index in [2.05, 4.69) is 6.92 Å². The van der Waals surface area contributed by atoms with Gasteiger partial charge in [-0.1, -0.05) is 6.92 Å². The minimum absolute atomic E-state index is 0.345. The second-order valence-electron chi connectivity index (χ2n) is 7.77. The van der Waals surface area contributed by atoms with Crippen LogP contribution in [0.4, 0.5) is 0 Å². The summed E-state index contributed by atoms with van der Waals surface area (Å²) in [5.74, 6) is 0.870. The monoisotopic (exact) mass is 238 g/mol. The second kappa shape index (κ2) is 3.71. The van der Waals surface area contributed by atoms with E-state index in [4.69, 9.17) is 0 Å². The highest BCUT2D eigenvalue weighted by atomic mass is 16.3. The fourth-order valence-corrected chi connectivity index (χ4v) is 6.40. The van der Waals surface area contributed by atoms with Crippen LogP contribution in [-0.4, -0.2) is 23.4 Å². The predicted octanol–water partition coefficient (Wildman–Crippen LogP) is 2.73. The molecule has 4 rings (SSSR count). The molecular weight excluding hydrogens is 212 g/mol. The van der Waals surface area contributed by atoms with Crippen LogP contribution in [0.1, 0.15) is 58.3 Å². The highest BCUT2D eigenvalue weighted by molar-refractivity contribution is 5.11. The summed E-state index contributed by atoms with van der Waals surface area (Å²) in [5.41, 5.74) is 1.33. The van der Waals surface area contributed by atoms with E-state index in [-0.39, 0.29) is 0 Å². The smallest absolute Gasteiger partial charge is 0.0436 e. The largest absolute Gasteiger partial charge is 0.396 e. The molecule has 0 heterocycles. The standard InChI is InChI=1S/C15H26O2/c1-13-6-12-7-14(9-13,2-4-16)11-15(8-12,10-13)3-5-17/h12,16-17H,2-11H2,1H3. The van der Waals surface area contributed by atoms with Gasteiger partial charge in [0.2, 0.25) is 0 Å². The Labute approximate surface area is 104 Å². The lowest BCUT2D eigenvalue weighted by atomic mass is 9.39. The zero-order valence-corrected chi connectivity index (χ0v) is 11.0. The van der Waals surface area contributed by atoms with Crippen molar-refractivity contribution in [2.75, 3.05) is 13.2 Å². The molecule has 0 radical (unpaired) electrons. The van der Waals surface area contributed by atoms with E-state index >= 15 is 0 Å². The lowest BCUT2D eigenvalue weighted by Crippen LogP contribution is -2.56. The van der Waals surface area contributed by atoms with E-state index in [1.54, 1.807) is 0 Å². The highest BCUT2D eigenvalue weighted by Crippen LogP contribution is 2.71. The fourth-order valence-electron chi connectivity index (χ4n) is 6.40. The van der Waals surface area contributed by atoms with Gasteiger partial charge in [-0.15, -0.1) is 0 Å². The molecule has 0 saturated heterocycles. The van der Waals surface area contributed by atoms with Gasteiger partial charge in [-0.05, 0) is 73.5 Å². The average Bonchev–Trinajstić information content (AvgIpc) is 2.12. The Hall–Kier alpha value is -0.0800. The van der Waals surface area contributed by atoms with Crippen molar-refractivity contribution in [2.24, 2.45) is 22.2 Å². The number of hydrogen-bond acceptors (Lipinski definition) is 2. The number of aliphatic hydroxyl groups is 2. The van der Waals surface area contributed by atoms with Crippen molar-refractivity contribution in [3.8, 4) is 0 Å². The SMILES string of the molecule is CC12CC3CC(CCO)(C1)CC(CCO)(C3)C2. The van der Waals surface area contributed by atoms with E-state index in [9.17, 15) is 10.2 Å². The van der Waals surface area contributed by atoms with Crippen LogP contribution in [0, 0.1) is 22.2 Å². The molecule has 2 atom stereocenters. The van der Waals surface area contributed by atoms with Gasteiger partial charge in [0.15, 0.2) is 0 Å². The van der Waals surface area contributed by atoms with Gasteiger partial charge in [0.1, 0.15) is 0 Å². The first kappa shape index (κ1) is 12.0. The van der Waals surface area contributed by atoms with E-state index in [1.807, 2.05) is 0 Å². The third-order valence-electron chi connectivity index (χ3n) is 5.86. The molecule has 0 aliphatic heterocycles. The first-order chi connectivity index (χ1) is 8.03. The summed E-state index contributed by atoms with van der Waals surface area (Å²) < 4.78 is 0. The summed E-state index contributed by atoms with van der Waals surface area (Å²) in [6, 6.07) is 0. The van der Waals surface area contributed by atoms with Crippen LogP contribution in [0.3, 0.4) is 0 Å². The first-order valence-electron chi connectivity index (χ1n) is 7.25. The molecule has 98 valence electrons. The molecule has 0 amide bonds. The van der Waals surface area contributed by atoms with Crippen molar-refractivity contribution in [2.45, 2.75) is 58.3 Å². The molecule has 4 aliphatic carbocycles. The molecule has 4 fully saturated rings. The van der Waals surface area contributed by atoms with Crippen molar-refractivity contribution >= 4 is 0 Å². The lowest BCUT2D eigenvalue weighted by Gasteiger charge is -2.66. The lowest BCUT2D eigenvalue weighted by molar-refractivity contribution is -0.163. The van der Waals surface area contributed by atoms with Crippen LogP contribution in [0.5, 0.6) is 0 Å². The van der Waals surface area contributed by atoms with Gasteiger partial charge < -0.3 is 10.2 Å². The molecule has 17 heavy (non-hydrogen) atoms. The molecule has 4 aliphatic rings. The van der Waals surface area contributed by atoms with Crippen LogP contribution in [0.25, 0.3) is 0 Å². The number of hydrogen-bond donors (Lipinski definition) is 2. The normalized spacial score (nSPS) is 52.1. The van der Waals surface area contributed by atoms with Crippen molar-refractivity contribution in [1.29, 1.82) is 0 Å². The molecule has 2 unspecified atom stereocenters. The number of aliphatic hydroxyl groups excluding tert-OH is 2. The maximum atomic E-state index is 9.37. The molecule has 2 N–H and O–H groups in total. The Kier molecular flexibility index (Phi) is 2.61. The van der Waals surface area contributed by atoms with Gasteiger partial charge in [0, 0.05) is 13.2 Å². The molecular formula is C15H26O2. The predicted molar refractivity (Wildman–Crippen MR) is 67.6 cm³/mol. The molecule has 4 saturated carbocycles. The van der Waals surface area contributed by atoms with Crippen LogP contribution in [0.2, 0.25) is 0 Å². The van der Waals surface area contributed by atoms with Crippen LogP contribution < -0.4 is 0 Å². The molecule has 0 aromatic carbocycles. The topological polar surface area (TPSA) is 40.5 Å². The maximum absolute atomic E-state index is 9.37. The van der Waals surface area contributed by atoms with Crippen LogP contribution >= 0.6 is 0 Å². The highest BCUT2D eigenvalue weighted by Gasteiger charge is 2.60. The maximum Gasteiger partial charge on any atom is 0.0436 e. The van der Waals surface area contributed by atoms with Crippen molar-refractivity contribution in [1.82, 2.24) is 0 Å². The Bertz CT molecular complexity index is 290. The third kappa shape index (κ3) is 1.84. The molecule has 2 heteroatoms. The Morgan fingerprint density at radius 3 is 1.82 bits per heavy atom. The summed E-state index contributed by atoms with van der Waals surface area (Å²) in [6.45, 7) is 3.14. The zero-order chi connectivity index (χ0) is 12.1. The summed E-state index contributed by atoms with van der Waals surface area (Å²) in [4.78, 5) is 0. The molecule has 0 aromatic rings. The van der Waals surface area contributed by atoms with Crippen molar-refractivity contribution < 1.29 is 10.2 Å². The Balaban J connectivity index is 1.91. The molecule has 2 nitrogen and oxygen atoms in total. The van der Waals surface area contributed by atoms with Crippen LogP contribution in [0.15, 0.2) is 0 Å². The summed E-state index contributed by atoms with van der Waals surface area (Å²) in [7, 11) is 0. The molecule has 0 aromatic heterocycles. The van der Waals surface area contributed by atoms with Gasteiger partial charge in [-0.3, -0.25) is 0 Å². The van der Waals surface area contributed by atoms with E-state index < -0.39 is 0 Å². The first-order valence-corrected chi connectivity index (χ1v) is 7.25. The minimum Gasteiger partial charge on any atom is -0.396 e. The van der Waals surface area contributed by atoms with E-state index in [1.165, 1.54) is 38.5 Å². The second-order valence-corrected chi connectivity index (χ2v) is 7.77. The summed E-state index contributed by atoms with van der Waals surface area (Å²) >= 11 is 0. The van der Waals surface area contributed by atoms with Gasteiger partial charge >= 0.3 is 0 Å².